The molecule has 7 nitrogen and oxygen atoms in total. The summed E-state index contributed by atoms with van der Waals surface area (Å²) in [6.07, 6.45) is 4.03. The lowest BCUT2D eigenvalue weighted by molar-refractivity contribution is -0.117. The van der Waals surface area contributed by atoms with Crippen molar-refractivity contribution in [3.63, 3.8) is 0 Å². The first-order valence-corrected chi connectivity index (χ1v) is 10.6. The number of nitrogens with one attached hydrogen (secondary N) is 2. The van der Waals surface area contributed by atoms with Gasteiger partial charge in [0.25, 0.3) is 0 Å². The van der Waals surface area contributed by atoms with Crippen LogP contribution in [0.5, 0.6) is 0 Å². The van der Waals surface area contributed by atoms with Crippen molar-refractivity contribution in [2.24, 2.45) is 5.92 Å². The molecule has 0 aromatic heterocycles. The Hall–Kier alpha value is -2.28. The van der Waals surface area contributed by atoms with Gasteiger partial charge < -0.3 is 25.2 Å². The average molecular weight is 403 g/mol. The smallest absolute Gasteiger partial charge is 0.317 e. The highest BCUT2D eigenvalue weighted by molar-refractivity contribution is 5.94. The van der Waals surface area contributed by atoms with Crippen LogP contribution in [0.25, 0.3) is 0 Å². The molecule has 2 N–H and O–H groups in total. The van der Waals surface area contributed by atoms with Crippen LogP contribution in [-0.4, -0.2) is 56.2 Å². The number of ether oxygens (including phenoxy) is 1. The Kier molecular flexibility index (Phi) is 7.00. The molecule has 1 heterocycles. The molecule has 3 rings (SSSR count). The summed E-state index contributed by atoms with van der Waals surface area (Å²) in [5, 5.41) is 6.02. The molecular weight excluding hydrogens is 368 g/mol. The summed E-state index contributed by atoms with van der Waals surface area (Å²) >= 11 is 0. The van der Waals surface area contributed by atoms with E-state index in [0.29, 0.717) is 13.1 Å². The molecule has 0 bridgehead atoms. The zero-order valence-corrected chi connectivity index (χ0v) is 18.0. The maximum Gasteiger partial charge on any atom is 0.317 e. The van der Waals surface area contributed by atoms with E-state index < -0.39 is 0 Å². The Morgan fingerprint density at radius 1 is 1.21 bits per heavy atom. The number of urea groups is 1. The number of hydrogen-bond donors (Lipinski definition) is 2. The van der Waals surface area contributed by atoms with Crippen LogP contribution in [0.3, 0.4) is 0 Å². The number of nitrogens with zero attached hydrogens (tertiary/aromatic N) is 2. The fraction of sp³-hybridized carbons (Fsp3) is 0.636. The van der Waals surface area contributed by atoms with E-state index in [2.05, 4.69) is 10.6 Å². The van der Waals surface area contributed by atoms with Gasteiger partial charge in [-0.15, -0.1) is 0 Å². The lowest BCUT2D eigenvalue weighted by Gasteiger charge is -2.29. The van der Waals surface area contributed by atoms with Crippen LogP contribution in [-0.2, 0) is 16.1 Å². The molecule has 1 saturated heterocycles. The van der Waals surface area contributed by atoms with Crippen molar-refractivity contribution >= 4 is 23.3 Å². The van der Waals surface area contributed by atoms with Crippen LogP contribution in [0, 0.1) is 5.92 Å². The van der Waals surface area contributed by atoms with E-state index in [1.54, 1.807) is 0 Å². The van der Waals surface area contributed by atoms with E-state index in [9.17, 15) is 9.59 Å². The van der Waals surface area contributed by atoms with Crippen molar-refractivity contribution in [3.05, 3.63) is 23.8 Å². The first kappa shape index (κ1) is 21.4. The monoisotopic (exact) mass is 402 g/mol. The van der Waals surface area contributed by atoms with Gasteiger partial charge in [0.15, 0.2) is 0 Å². The van der Waals surface area contributed by atoms with E-state index in [0.717, 1.165) is 49.2 Å². The SMILES string of the molecule is CC(C)NC(=O)N(Cc1cc(NC(=O)C2CC2)ccc1N(C)C)C[C@H]1CCCO1. The molecule has 2 fully saturated rings. The van der Waals surface area contributed by atoms with Gasteiger partial charge in [-0.05, 0) is 63.3 Å². The minimum Gasteiger partial charge on any atom is -0.377 e. The molecule has 29 heavy (non-hydrogen) atoms. The first-order valence-electron chi connectivity index (χ1n) is 10.6. The predicted octanol–water partition coefficient (Wildman–Crippen LogP) is 3.20. The van der Waals surface area contributed by atoms with Crippen molar-refractivity contribution in [2.75, 3.05) is 37.5 Å². The summed E-state index contributed by atoms with van der Waals surface area (Å²) in [4.78, 5) is 28.9. The van der Waals surface area contributed by atoms with Crippen molar-refractivity contribution in [2.45, 2.75) is 58.2 Å². The Morgan fingerprint density at radius 3 is 2.55 bits per heavy atom. The van der Waals surface area contributed by atoms with Gasteiger partial charge in [0.05, 0.1) is 6.10 Å². The molecule has 0 radical (unpaired) electrons. The molecule has 1 aliphatic heterocycles. The third kappa shape index (κ3) is 6.10. The maximum atomic E-state index is 12.9. The van der Waals surface area contributed by atoms with Gasteiger partial charge in [-0.2, -0.15) is 0 Å². The summed E-state index contributed by atoms with van der Waals surface area (Å²) in [7, 11) is 3.97. The second kappa shape index (κ2) is 9.48. The van der Waals surface area contributed by atoms with Crippen LogP contribution < -0.4 is 15.5 Å². The van der Waals surface area contributed by atoms with Gasteiger partial charge in [-0.25, -0.2) is 4.79 Å². The topological polar surface area (TPSA) is 73.9 Å². The molecule has 1 aliphatic carbocycles. The van der Waals surface area contributed by atoms with Crippen molar-refractivity contribution in [1.82, 2.24) is 10.2 Å². The summed E-state index contributed by atoms with van der Waals surface area (Å²) in [6.45, 7) is 5.70. The number of benzene rings is 1. The highest BCUT2D eigenvalue weighted by Crippen LogP contribution is 2.31. The lowest BCUT2D eigenvalue weighted by atomic mass is 10.1. The van der Waals surface area contributed by atoms with E-state index in [-0.39, 0.29) is 30.0 Å². The molecule has 1 aromatic rings. The number of carbonyl (C=O) groups is 2. The van der Waals surface area contributed by atoms with Crippen molar-refractivity contribution in [1.29, 1.82) is 0 Å². The van der Waals surface area contributed by atoms with Crippen LogP contribution >= 0.6 is 0 Å². The Balaban J connectivity index is 1.80. The summed E-state index contributed by atoms with van der Waals surface area (Å²) < 4.78 is 5.77. The van der Waals surface area contributed by atoms with Crippen LogP contribution in [0.15, 0.2) is 18.2 Å². The van der Waals surface area contributed by atoms with Gasteiger partial charge in [-0.1, -0.05) is 0 Å². The second-order valence-electron chi connectivity index (χ2n) is 8.62. The third-order valence-corrected chi connectivity index (χ3v) is 5.29. The number of carbonyl (C=O) groups excluding carboxylic acids is 2. The summed E-state index contributed by atoms with van der Waals surface area (Å²) in [5.41, 5.74) is 2.81. The zero-order chi connectivity index (χ0) is 21.0. The number of hydrogen-bond acceptors (Lipinski definition) is 4. The molecular formula is C22H34N4O3. The van der Waals surface area contributed by atoms with Crippen molar-refractivity contribution < 1.29 is 14.3 Å². The van der Waals surface area contributed by atoms with E-state index >= 15 is 0 Å². The molecule has 2 aliphatic rings. The standard InChI is InChI=1S/C22H34N4O3/c1-15(2)23-22(28)26(14-19-6-5-11-29-19)13-17-12-18(9-10-20(17)25(3)4)24-21(27)16-7-8-16/h9-10,12,15-16,19H,5-8,11,13-14H2,1-4H3,(H,23,28)(H,24,27)/t19-/m1/s1. The molecule has 3 amide bonds. The zero-order valence-electron chi connectivity index (χ0n) is 18.0. The fourth-order valence-corrected chi connectivity index (χ4v) is 3.61. The van der Waals surface area contributed by atoms with Gasteiger partial charge in [0.2, 0.25) is 5.91 Å². The minimum atomic E-state index is -0.0902. The number of rotatable bonds is 8. The van der Waals surface area contributed by atoms with E-state index in [4.69, 9.17) is 4.74 Å². The number of anilines is 2. The van der Waals surface area contributed by atoms with Crippen molar-refractivity contribution in [3.8, 4) is 0 Å². The van der Waals surface area contributed by atoms with Gasteiger partial charge in [-0.3, -0.25) is 4.79 Å². The molecule has 0 spiro atoms. The van der Waals surface area contributed by atoms with Crippen LogP contribution in [0.2, 0.25) is 0 Å². The minimum absolute atomic E-state index is 0.0620. The Bertz CT molecular complexity index is 725. The Labute approximate surface area is 173 Å². The molecule has 1 saturated carbocycles. The van der Waals surface area contributed by atoms with E-state index in [1.807, 2.05) is 55.9 Å². The third-order valence-electron chi connectivity index (χ3n) is 5.29. The molecule has 7 heteroatoms. The molecule has 1 aromatic carbocycles. The second-order valence-corrected chi connectivity index (χ2v) is 8.62. The molecule has 1 atom stereocenters. The highest BCUT2D eigenvalue weighted by atomic mass is 16.5. The maximum absolute atomic E-state index is 12.9. The van der Waals surface area contributed by atoms with Crippen LogP contribution in [0.4, 0.5) is 16.2 Å². The Morgan fingerprint density at radius 2 is 1.97 bits per heavy atom. The largest absolute Gasteiger partial charge is 0.377 e. The summed E-state index contributed by atoms with van der Waals surface area (Å²) in [6, 6.07) is 5.89. The van der Waals surface area contributed by atoms with Gasteiger partial charge in [0, 0.05) is 57.1 Å². The normalized spacial score (nSPS) is 18.6. The van der Waals surface area contributed by atoms with E-state index in [1.165, 1.54) is 0 Å². The molecule has 160 valence electrons. The van der Waals surface area contributed by atoms with Crippen LogP contribution in [0.1, 0.15) is 45.1 Å². The lowest BCUT2D eigenvalue weighted by Crippen LogP contribution is -2.45. The molecule has 0 unspecified atom stereocenters. The quantitative estimate of drug-likeness (QED) is 0.700. The van der Waals surface area contributed by atoms with Gasteiger partial charge >= 0.3 is 6.03 Å². The fourth-order valence-electron chi connectivity index (χ4n) is 3.61. The first-order chi connectivity index (χ1) is 13.8. The highest BCUT2D eigenvalue weighted by Gasteiger charge is 2.30. The average Bonchev–Trinajstić information content (AvgIpc) is 3.38. The summed E-state index contributed by atoms with van der Waals surface area (Å²) in [5.74, 6) is 0.238. The number of amides is 3. The predicted molar refractivity (Wildman–Crippen MR) is 115 cm³/mol. The van der Waals surface area contributed by atoms with Gasteiger partial charge in [0.1, 0.15) is 0 Å².